The molecule has 18 atom stereocenters. The zero-order valence-corrected chi connectivity index (χ0v) is 23.5. The summed E-state index contributed by atoms with van der Waals surface area (Å²) in [6, 6.07) is -2.17. The molecule has 4 fully saturated rings. The smallest absolute Gasteiger partial charge is 0.187 e. The standard InChI is InChI=1S/C25H49N5O11/c1-8-16(32)18(34)14(6-26)37-23(8)40-21-15(7-31)38-25(19(21)35)41-22-17(33)11(29)5-12(30)20(22)39-24-10(28)3-4-13(36-24)9(2)27/h8-25,31-35H,3-7,26-30H2,1-2H3. The third-order valence-corrected chi connectivity index (χ3v) is 8.68. The predicted molar refractivity (Wildman–Crippen MR) is 141 cm³/mol. The first kappa shape index (κ1) is 33.3. The summed E-state index contributed by atoms with van der Waals surface area (Å²) in [4.78, 5) is 0. The van der Waals surface area contributed by atoms with Crippen LogP contribution in [0.3, 0.4) is 0 Å². The van der Waals surface area contributed by atoms with E-state index in [-0.39, 0.29) is 25.1 Å². The Hall–Kier alpha value is -0.640. The molecule has 240 valence electrons. The molecule has 0 aromatic carbocycles. The molecule has 4 aliphatic rings. The fourth-order valence-electron chi connectivity index (χ4n) is 5.98. The van der Waals surface area contributed by atoms with Gasteiger partial charge in [0.15, 0.2) is 18.9 Å². The molecule has 0 amide bonds. The van der Waals surface area contributed by atoms with Crippen LogP contribution in [0.25, 0.3) is 0 Å². The third kappa shape index (κ3) is 7.04. The van der Waals surface area contributed by atoms with Crippen molar-refractivity contribution in [3.63, 3.8) is 0 Å². The highest BCUT2D eigenvalue weighted by molar-refractivity contribution is 5.01. The molecule has 15 N–H and O–H groups in total. The molecule has 3 heterocycles. The monoisotopic (exact) mass is 595 g/mol. The number of ether oxygens (including phenoxy) is 6. The van der Waals surface area contributed by atoms with E-state index in [0.29, 0.717) is 12.8 Å². The number of aliphatic hydroxyl groups is 5. The highest BCUT2D eigenvalue weighted by atomic mass is 16.8. The normalized spacial score (nSPS) is 52.0. The van der Waals surface area contributed by atoms with Crippen molar-refractivity contribution in [1.82, 2.24) is 0 Å². The maximum Gasteiger partial charge on any atom is 0.187 e. The van der Waals surface area contributed by atoms with Gasteiger partial charge in [0.25, 0.3) is 0 Å². The van der Waals surface area contributed by atoms with Crippen LogP contribution in [0.15, 0.2) is 0 Å². The average molecular weight is 596 g/mol. The summed E-state index contributed by atoms with van der Waals surface area (Å²) in [5.41, 5.74) is 30.5. The van der Waals surface area contributed by atoms with E-state index in [1.54, 1.807) is 6.92 Å². The van der Waals surface area contributed by atoms with Gasteiger partial charge < -0.3 is 82.6 Å². The summed E-state index contributed by atoms with van der Waals surface area (Å²) in [7, 11) is 0. The van der Waals surface area contributed by atoms with Crippen molar-refractivity contribution in [1.29, 1.82) is 0 Å². The Morgan fingerprint density at radius 2 is 1.37 bits per heavy atom. The van der Waals surface area contributed by atoms with E-state index in [4.69, 9.17) is 57.1 Å². The first-order valence-electron chi connectivity index (χ1n) is 14.4. The van der Waals surface area contributed by atoms with Gasteiger partial charge in [-0.2, -0.15) is 0 Å². The molecule has 16 heteroatoms. The maximum absolute atomic E-state index is 11.2. The van der Waals surface area contributed by atoms with E-state index in [0.717, 1.165) is 0 Å². The minimum atomic E-state index is -1.47. The second kappa shape index (κ2) is 14.0. The molecule has 0 spiro atoms. The Morgan fingerprint density at radius 3 is 2.00 bits per heavy atom. The second-order valence-corrected chi connectivity index (χ2v) is 11.8. The molecule has 41 heavy (non-hydrogen) atoms. The van der Waals surface area contributed by atoms with Crippen molar-refractivity contribution in [2.24, 2.45) is 34.6 Å². The van der Waals surface area contributed by atoms with Crippen LogP contribution in [0, 0.1) is 5.92 Å². The van der Waals surface area contributed by atoms with Crippen LogP contribution in [0.5, 0.6) is 0 Å². The molecule has 3 saturated heterocycles. The number of nitrogens with two attached hydrogens (primary N) is 5. The van der Waals surface area contributed by atoms with E-state index >= 15 is 0 Å². The molecule has 3 aliphatic heterocycles. The van der Waals surface area contributed by atoms with Crippen LogP contribution in [0.2, 0.25) is 0 Å². The minimum absolute atomic E-state index is 0.0789. The van der Waals surface area contributed by atoms with E-state index in [2.05, 4.69) is 0 Å². The molecule has 0 aromatic heterocycles. The van der Waals surface area contributed by atoms with Crippen LogP contribution in [-0.4, -0.2) is 143 Å². The highest BCUT2D eigenvalue weighted by Gasteiger charge is 2.53. The van der Waals surface area contributed by atoms with Crippen molar-refractivity contribution in [2.75, 3.05) is 13.2 Å². The van der Waals surface area contributed by atoms with E-state index in [1.165, 1.54) is 0 Å². The lowest BCUT2D eigenvalue weighted by atomic mass is 9.84. The summed E-state index contributed by atoms with van der Waals surface area (Å²) in [5.74, 6) is -0.701. The zero-order valence-electron chi connectivity index (χ0n) is 23.5. The Labute approximate surface area is 239 Å². The average Bonchev–Trinajstić information content (AvgIpc) is 3.23. The summed E-state index contributed by atoms with van der Waals surface area (Å²) >= 11 is 0. The SMILES string of the molecule is CC(N)C1CCC(N)C(OC2C(N)CC(N)C(O)C2OC2OC(CO)C(OC3OC(CN)C(O)C(O)C3C)C2O)O1. The van der Waals surface area contributed by atoms with Gasteiger partial charge >= 0.3 is 0 Å². The lowest BCUT2D eigenvalue weighted by molar-refractivity contribution is -0.297. The Kier molecular flexibility index (Phi) is 11.3. The minimum Gasteiger partial charge on any atom is -0.394 e. The van der Waals surface area contributed by atoms with Gasteiger partial charge in [0.05, 0.1) is 31.0 Å². The van der Waals surface area contributed by atoms with E-state index < -0.39 is 104 Å². The molecular formula is C25H49N5O11. The molecule has 0 radical (unpaired) electrons. The first-order valence-corrected chi connectivity index (χ1v) is 14.4. The second-order valence-electron chi connectivity index (χ2n) is 11.8. The molecule has 1 saturated carbocycles. The van der Waals surface area contributed by atoms with Crippen molar-refractivity contribution < 1.29 is 54.0 Å². The van der Waals surface area contributed by atoms with E-state index in [9.17, 15) is 25.5 Å². The molecule has 16 nitrogen and oxygen atoms in total. The van der Waals surface area contributed by atoms with Gasteiger partial charge in [0.1, 0.15) is 42.7 Å². The summed E-state index contributed by atoms with van der Waals surface area (Å²) in [6.07, 6.45) is -12.5. The Morgan fingerprint density at radius 1 is 0.732 bits per heavy atom. The van der Waals surface area contributed by atoms with Crippen LogP contribution in [0.4, 0.5) is 0 Å². The largest absolute Gasteiger partial charge is 0.394 e. The van der Waals surface area contributed by atoms with E-state index in [1.807, 2.05) is 6.92 Å². The molecule has 1 aliphatic carbocycles. The highest BCUT2D eigenvalue weighted by Crippen LogP contribution is 2.35. The quantitative estimate of drug-likeness (QED) is 0.119. The Balaban J connectivity index is 1.48. The van der Waals surface area contributed by atoms with Gasteiger partial charge in [-0.25, -0.2) is 0 Å². The number of hydrogen-bond acceptors (Lipinski definition) is 16. The predicted octanol–water partition coefficient (Wildman–Crippen LogP) is -5.14. The van der Waals surface area contributed by atoms with Crippen LogP contribution < -0.4 is 28.7 Å². The molecular weight excluding hydrogens is 546 g/mol. The van der Waals surface area contributed by atoms with Gasteiger partial charge in [-0.05, 0) is 26.2 Å². The van der Waals surface area contributed by atoms with Gasteiger partial charge in [-0.15, -0.1) is 0 Å². The summed E-state index contributed by atoms with van der Waals surface area (Å²) in [5, 5.41) is 52.8. The van der Waals surface area contributed by atoms with Crippen LogP contribution >= 0.6 is 0 Å². The lowest BCUT2D eigenvalue weighted by Gasteiger charge is -2.46. The van der Waals surface area contributed by atoms with Crippen LogP contribution in [0.1, 0.15) is 33.1 Å². The topological polar surface area (TPSA) is 287 Å². The van der Waals surface area contributed by atoms with Gasteiger partial charge in [-0.1, -0.05) is 6.92 Å². The molecule has 18 unspecified atom stereocenters. The maximum atomic E-state index is 11.2. The van der Waals surface area contributed by atoms with Gasteiger partial charge in [-0.3, -0.25) is 0 Å². The number of hydrogen-bond donors (Lipinski definition) is 10. The molecule has 0 aromatic rings. The number of rotatable bonds is 9. The van der Waals surface area contributed by atoms with Crippen molar-refractivity contribution in [2.45, 2.75) is 137 Å². The third-order valence-electron chi connectivity index (χ3n) is 8.68. The number of aliphatic hydroxyl groups excluding tert-OH is 5. The first-order chi connectivity index (χ1) is 19.4. The fraction of sp³-hybridized carbons (Fsp3) is 1.00. The van der Waals surface area contributed by atoms with Crippen LogP contribution in [-0.2, 0) is 28.4 Å². The van der Waals surface area contributed by atoms with Crippen molar-refractivity contribution >= 4 is 0 Å². The van der Waals surface area contributed by atoms with Crippen molar-refractivity contribution in [3.05, 3.63) is 0 Å². The summed E-state index contributed by atoms with van der Waals surface area (Å²) in [6.45, 7) is 2.80. The van der Waals surface area contributed by atoms with Crippen molar-refractivity contribution in [3.8, 4) is 0 Å². The van der Waals surface area contributed by atoms with Gasteiger partial charge in [0, 0.05) is 30.6 Å². The zero-order chi connectivity index (χ0) is 30.2. The molecule has 4 rings (SSSR count). The Bertz CT molecular complexity index is 833. The molecule has 0 bridgehead atoms. The fourth-order valence-corrected chi connectivity index (χ4v) is 5.98. The lowest BCUT2D eigenvalue weighted by Crippen LogP contribution is -2.65. The summed E-state index contributed by atoms with van der Waals surface area (Å²) < 4.78 is 35.7. The van der Waals surface area contributed by atoms with Gasteiger partial charge in [0.2, 0.25) is 0 Å².